The second kappa shape index (κ2) is 8.46. The average molecular weight is 334 g/mol. The summed E-state index contributed by atoms with van der Waals surface area (Å²) in [6.07, 6.45) is -2.26. The first-order valence-electron chi connectivity index (χ1n) is 6.08. The van der Waals surface area contributed by atoms with E-state index in [1.807, 2.05) is 0 Å². The second-order valence-electron chi connectivity index (χ2n) is 4.52. The van der Waals surface area contributed by atoms with E-state index < -0.39 is 66.4 Å². The van der Waals surface area contributed by atoms with Crippen molar-refractivity contribution in [3.05, 3.63) is 0 Å². The highest BCUT2D eigenvalue weighted by Crippen LogP contribution is 2.28. The van der Waals surface area contributed by atoms with Gasteiger partial charge in [0.2, 0.25) is 0 Å². The maximum absolute atomic E-state index is 11.3. The van der Waals surface area contributed by atoms with E-state index in [1.54, 1.807) is 0 Å². The van der Waals surface area contributed by atoms with Gasteiger partial charge in [0.25, 0.3) is 0 Å². The number of hydrogen-bond donors (Lipinski definition) is 4. The molecule has 0 heterocycles. The zero-order valence-electron chi connectivity index (χ0n) is 11.8. The summed E-state index contributed by atoms with van der Waals surface area (Å²) in [6, 6.07) is 0. The number of carboxylic acids is 4. The van der Waals surface area contributed by atoms with Gasteiger partial charge in [-0.25, -0.2) is 0 Å². The number of esters is 2. The smallest absolute Gasteiger partial charge is 0.314 e. The third-order valence-electron chi connectivity index (χ3n) is 2.83. The van der Waals surface area contributed by atoms with Crippen LogP contribution in [0.4, 0.5) is 0 Å². The largest absolute Gasteiger partial charge is 0.481 e. The molecule has 4 N–H and O–H groups in total. The molecule has 0 aromatic rings. The molecule has 3 unspecified atom stereocenters. The van der Waals surface area contributed by atoms with Gasteiger partial charge in [0.1, 0.15) is 0 Å². The van der Waals surface area contributed by atoms with Crippen molar-refractivity contribution in [3.63, 3.8) is 0 Å². The van der Waals surface area contributed by atoms with Crippen molar-refractivity contribution in [3.8, 4) is 0 Å². The molecular weight excluding hydrogens is 320 g/mol. The van der Waals surface area contributed by atoms with E-state index in [0.29, 0.717) is 0 Å². The van der Waals surface area contributed by atoms with Crippen LogP contribution in [0, 0.1) is 17.8 Å². The summed E-state index contributed by atoms with van der Waals surface area (Å²) in [5.41, 5.74) is 0. The molecule has 128 valence electrons. The Morgan fingerprint density at radius 2 is 1.22 bits per heavy atom. The molecule has 23 heavy (non-hydrogen) atoms. The minimum atomic E-state index is -2.21. The van der Waals surface area contributed by atoms with Crippen LogP contribution < -0.4 is 0 Å². The van der Waals surface area contributed by atoms with Gasteiger partial charge in [0, 0.05) is 6.92 Å². The van der Waals surface area contributed by atoms with Crippen molar-refractivity contribution in [1.82, 2.24) is 0 Å². The van der Waals surface area contributed by atoms with Gasteiger partial charge in [-0.3, -0.25) is 28.8 Å². The minimum Gasteiger partial charge on any atom is -0.481 e. The molecule has 0 spiro atoms. The summed E-state index contributed by atoms with van der Waals surface area (Å²) < 4.78 is 4.08. The van der Waals surface area contributed by atoms with Crippen LogP contribution >= 0.6 is 0 Å². The highest BCUT2D eigenvalue weighted by molar-refractivity contribution is 5.91. The zero-order chi connectivity index (χ0) is 18.3. The first kappa shape index (κ1) is 20.0. The average Bonchev–Trinajstić information content (AvgIpc) is 2.34. The van der Waals surface area contributed by atoms with Gasteiger partial charge in [0.05, 0.1) is 30.6 Å². The molecule has 0 saturated carbocycles. The quantitative estimate of drug-likeness (QED) is 0.300. The van der Waals surface area contributed by atoms with Gasteiger partial charge >= 0.3 is 35.8 Å². The number of aliphatic carboxylic acids is 4. The predicted molar refractivity (Wildman–Crippen MR) is 67.0 cm³/mol. The molecule has 0 bridgehead atoms. The van der Waals surface area contributed by atoms with Gasteiger partial charge in [0.15, 0.2) is 0 Å². The highest BCUT2D eigenvalue weighted by Gasteiger charge is 2.45. The lowest BCUT2D eigenvalue weighted by molar-refractivity contribution is -0.168. The molecule has 0 aromatic heterocycles. The lowest BCUT2D eigenvalue weighted by atomic mass is 9.78. The first-order valence-corrected chi connectivity index (χ1v) is 6.08. The topological polar surface area (TPSA) is 193 Å². The maximum Gasteiger partial charge on any atom is 0.314 e. The first-order chi connectivity index (χ1) is 10.5. The van der Waals surface area contributed by atoms with Gasteiger partial charge in [-0.2, -0.15) is 0 Å². The lowest BCUT2D eigenvalue weighted by Crippen LogP contribution is -2.41. The van der Waals surface area contributed by atoms with Crippen molar-refractivity contribution < 1.29 is 53.9 Å². The maximum atomic E-state index is 11.3. The van der Waals surface area contributed by atoms with E-state index in [-0.39, 0.29) is 0 Å². The van der Waals surface area contributed by atoms with Crippen LogP contribution in [-0.2, 0) is 33.5 Å². The van der Waals surface area contributed by atoms with E-state index in [2.05, 4.69) is 4.74 Å². The normalized spacial score (nSPS) is 14.1. The molecule has 0 aliphatic rings. The standard InChI is InChI=1S/C12H14O11/c1-4(13)23-8(16)3-6(11(19)20)9(12(21)22)5(10(17)18)2-7(14)15/h5-6,9H,2-3H2,1H3,(H,14,15)(H,17,18)(H,19,20)(H,21,22). The number of hydrogen-bond acceptors (Lipinski definition) is 7. The fraction of sp³-hybridized carbons (Fsp3) is 0.500. The molecule has 0 aliphatic carbocycles. The molecule has 11 heteroatoms. The van der Waals surface area contributed by atoms with Gasteiger partial charge in [-0.1, -0.05) is 0 Å². The molecule has 0 amide bonds. The summed E-state index contributed by atoms with van der Waals surface area (Å²) in [6.45, 7) is 0.854. The summed E-state index contributed by atoms with van der Waals surface area (Å²) in [5, 5.41) is 35.7. The fourth-order valence-corrected chi connectivity index (χ4v) is 1.93. The molecule has 0 saturated heterocycles. The van der Waals surface area contributed by atoms with E-state index >= 15 is 0 Å². The van der Waals surface area contributed by atoms with E-state index in [9.17, 15) is 28.8 Å². The van der Waals surface area contributed by atoms with Crippen molar-refractivity contribution in [2.24, 2.45) is 17.8 Å². The molecule has 0 rings (SSSR count). The molecule has 0 aliphatic heterocycles. The molecule has 0 fully saturated rings. The Morgan fingerprint density at radius 3 is 1.52 bits per heavy atom. The number of carboxylic acid groups (broad SMARTS) is 4. The van der Waals surface area contributed by atoms with Crippen LogP contribution in [0.2, 0.25) is 0 Å². The van der Waals surface area contributed by atoms with Gasteiger partial charge in [-0.05, 0) is 0 Å². The lowest BCUT2D eigenvalue weighted by Gasteiger charge is -2.24. The van der Waals surface area contributed by atoms with E-state index in [1.165, 1.54) is 0 Å². The van der Waals surface area contributed by atoms with Crippen molar-refractivity contribution in [2.75, 3.05) is 0 Å². The summed E-state index contributed by atoms with van der Waals surface area (Å²) >= 11 is 0. The third kappa shape index (κ3) is 6.54. The number of carbonyl (C=O) groups excluding carboxylic acids is 2. The monoisotopic (exact) mass is 334 g/mol. The Kier molecular flexibility index (Phi) is 7.36. The molecule has 3 atom stereocenters. The molecule has 0 radical (unpaired) electrons. The Balaban J connectivity index is 5.62. The van der Waals surface area contributed by atoms with Crippen molar-refractivity contribution in [1.29, 1.82) is 0 Å². The van der Waals surface area contributed by atoms with Gasteiger partial charge < -0.3 is 25.2 Å². The van der Waals surface area contributed by atoms with Crippen molar-refractivity contribution in [2.45, 2.75) is 19.8 Å². The second-order valence-corrected chi connectivity index (χ2v) is 4.52. The van der Waals surface area contributed by atoms with Crippen LogP contribution in [0.5, 0.6) is 0 Å². The summed E-state index contributed by atoms with van der Waals surface area (Å²) in [4.78, 5) is 66.1. The predicted octanol–water partition coefficient (Wildman–Crippen LogP) is -0.957. The van der Waals surface area contributed by atoms with Crippen LogP contribution in [-0.4, -0.2) is 56.2 Å². The number of rotatable bonds is 9. The summed E-state index contributed by atoms with van der Waals surface area (Å²) in [5.74, 6) is -16.0. The third-order valence-corrected chi connectivity index (χ3v) is 2.83. The minimum absolute atomic E-state index is 0.854. The number of ether oxygens (including phenoxy) is 1. The Labute approximate surface area is 128 Å². The SMILES string of the molecule is CC(=O)OC(=O)CC(C(=O)O)C(C(=O)O)C(CC(=O)O)C(=O)O. The van der Waals surface area contributed by atoms with Crippen molar-refractivity contribution >= 4 is 35.8 Å². The fourth-order valence-electron chi connectivity index (χ4n) is 1.93. The Bertz CT molecular complexity index is 535. The highest BCUT2D eigenvalue weighted by atomic mass is 16.6. The molecular formula is C12H14O11. The van der Waals surface area contributed by atoms with E-state index in [4.69, 9.17) is 20.4 Å². The van der Waals surface area contributed by atoms with Crippen LogP contribution in [0.15, 0.2) is 0 Å². The van der Waals surface area contributed by atoms with Gasteiger partial charge in [-0.15, -0.1) is 0 Å². The summed E-state index contributed by atoms with van der Waals surface area (Å²) in [7, 11) is 0. The van der Waals surface area contributed by atoms with Crippen LogP contribution in [0.1, 0.15) is 19.8 Å². The Hall–Kier alpha value is -2.98. The molecule has 11 nitrogen and oxygen atoms in total. The number of carbonyl (C=O) groups is 6. The van der Waals surface area contributed by atoms with Crippen LogP contribution in [0.25, 0.3) is 0 Å². The van der Waals surface area contributed by atoms with Crippen LogP contribution in [0.3, 0.4) is 0 Å². The Morgan fingerprint density at radius 1 is 0.783 bits per heavy atom. The zero-order valence-corrected chi connectivity index (χ0v) is 11.8. The van der Waals surface area contributed by atoms with E-state index in [0.717, 1.165) is 6.92 Å². The molecule has 0 aromatic carbocycles.